The minimum Gasteiger partial charge on any atom is -0.454 e. The van der Waals surface area contributed by atoms with E-state index >= 15 is 0 Å². The molecule has 8 heavy (non-hydrogen) atoms. The highest BCUT2D eigenvalue weighted by molar-refractivity contribution is 7.16. The zero-order chi connectivity index (χ0) is 5.40. The quantitative estimate of drug-likeness (QED) is 0.523. The molecule has 0 aliphatic rings. The maximum absolute atomic E-state index is 5.05. The van der Waals surface area contributed by atoms with Crippen LogP contribution in [-0.2, 0) is 0 Å². The van der Waals surface area contributed by atoms with Gasteiger partial charge in [-0.05, 0) is 6.07 Å². The van der Waals surface area contributed by atoms with E-state index < -0.39 is 0 Å². The van der Waals surface area contributed by atoms with E-state index in [1.165, 1.54) is 0 Å². The third-order valence-corrected chi connectivity index (χ3v) is 1.78. The van der Waals surface area contributed by atoms with Gasteiger partial charge in [0, 0.05) is 16.8 Å². The van der Waals surface area contributed by atoms with Crippen LogP contribution in [0.5, 0.6) is 0 Å². The van der Waals surface area contributed by atoms with Crippen LogP contribution in [0.15, 0.2) is 22.1 Å². The van der Waals surface area contributed by atoms with Crippen molar-refractivity contribution in [3.8, 4) is 0 Å². The third kappa shape index (κ3) is 0.406. The first kappa shape index (κ1) is 4.15. The third-order valence-electron chi connectivity index (χ3n) is 1.01. The molecule has 0 fully saturated rings. The average Bonchev–Trinajstić information content (AvgIpc) is 2.15. The van der Waals surface area contributed by atoms with Crippen LogP contribution in [0.2, 0.25) is 0 Å². The van der Waals surface area contributed by atoms with Crippen molar-refractivity contribution >= 4 is 21.6 Å². The summed E-state index contributed by atoms with van der Waals surface area (Å²) < 4.78 is 5.05. The summed E-state index contributed by atoms with van der Waals surface area (Å²) in [4.78, 5) is 0.963. The predicted molar refractivity (Wildman–Crippen MR) is 32.9 cm³/mol. The van der Waals surface area contributed by atoms with Crippen molar-refractivity contribution in [2.24, 2.45) is 0 Å². The molecule has 0 saturated heterocycles. The molecule has 39 valence electrons. The van der Waals surface area contributed by atoms with E-state index in [1.54, 1.807) is 17.6 Å². The highest BCUT2D eigenvalue weighted by atomic mass is 32.1. The Morgan fingerprint density at radius 2 is 2.62 bits per heavy atom. The van der Waals surface area contributed by atoms with Crippen LogP contribution in [0.1, 0.15) is 0 Å². The summed E-state index contributed by atoms with van der Waals surface area (Å²) in [5, 5.41) is 2.98. The van der Waals surface area contributed by atoms with Gasteiger partial charge in [0.1, 0.15) is 0 Å². The van der Waals surface area contributed by atoms with Gasteiger partial charge in [-0.3, -0.25) is 0 Å². The number of rotatable bonds is 0. The standard InChI is InChI=1S/C6H3OS/c1-3-7-6-5(1)2-4-8-6/h1,3-4H. The summed E-state index contributed by atoms with van der Waals surface area (Å²) in [7, 11) is 0. The van der Waals surface area contributed by atoms with E-state index in [1.807, 2.05) is 11.4 Å². The van der Waals surface area contributed by atoms with E-state index in [9.17, 15) is 0 Å². The lowest BCUT2D eigenvalue weighted by molar-refractivity contribution is 0.624. The fourth-order valence-electron chi connectivity index (χ4n) is 0.640. The van der Waals surface area contributed by atoms with Gasteiger partial charge in [-0.25, -0.2) is 0 Å². The molecule has 2 heterocycles. The molecule has 0 amide bonds. The van der Waals surface area contributed by atoms with Crippen molar-refractivity contribution in [1.29, 1.82) is 0 Å². The zero-order valence-corrected chi connectivity index (χ0v) is 4.87. The summed E-state index contributed by atoms with van der Waals surface area (Å²) >= 11 is 1.57. The van der Waals surface area contributed by atoms with Crippen molar-refractivity contribution in [2.45, 2.75) is 0 Å². The van der Waals surface area contributed by atoms with Crippen LogP contribution in [0, 0.1) is 6.07 Å². The number of hydrogen-bond acceptors (Lipinski definition) is 2. The maximum Gasteiger partial charge on any atom is 0.188 e. The Hall–Kier alpha value is -0.760. The van der Waals surface area contributed by atoms with Crippen molar-refractivity contribution in [3.05, 3.63) is 23.8 Å². The Morgan fingerprint density at radius 3 is 3.50 bits per heavy atom. The molecule has 0 unspecified atom stereocenters. The van der Waals surface area contributed by atoms with Gasteiger partial charge in [0.05, 0.1) is 6.26 Å². The van der Waals surface area contributed by atoms with E-state index in [4.69, 9.17) is 4.42 Å². The molecule has 0 aliphatic carbocycles. The summed E-state index contributed by atoms with van der Waals surface area (Å²) in [6, 6.07) is 4.93. The number of furan rings is 1. The Balaban J connectivity index is 3.06. The highest BCUT2D eigenvalue weighted by Crippen LogP contribution is 2.19. The van der Waals surface area contributed by atoms with Crippen LogP contribution >= 0.6 is 11.3 Å². The lowest BCUT2D eigenvalue weighted by atomic mass is 10.4. The first-order valence-corrected chi connectivity index (χ1v) is 3.17. The van der Waals surface area contributed by atoms with Gasteiger partial charge in [-0.1, -0.05) is 0 Å². The summed E-state index contributed by atoms with van der Waals surface area (Å²) in [6.07, 6.45) is 1.68. The van der Waals surface area contributed by atoms with Gasteiger partial charge in [0.2, 0.25) is 0 Å². The van der Waals surface area contributed by atoms with E-state index in [0.717, 1.165) is 10.3 Å². The van der Waals surface area contributed by atoms with Gasteiger partial charge in [-0.15, -0.1) is 11.3 Å². The molecule has 0 aliphatic heterocycles. The van der Waals surface area contributed by atoms with Crippen LogP contribution in [0.25, 0.3) is 10.3 Å². The molecule has 0 saturated carbocycles. The number of fused-ring (bicyclic) bond motifs is 1. The van der Waals surface area contributed by atoms with Gasteiger partial charge in [-0.2, -0.15) is 0 Å². The summed E-state index contributed by atoms with van der Waals surface area (Å²) in [6.45, 7) is 0. The SMILES string of the molecule is [c]1csc2occc12. The van der Waals surface area contributed by atoms with E-state index in [-0.39, 0.29) is 0 Å². The van der Waals surface area contributed by atoms with Gasteiger partial charge in [0.25, 0.3) is 0 Å². The first-order valence-electron chi connectivity index (χ1n) is 2.29. The Morgan fingerprint density at radius 1 is 1.62 bits per heavy atom. The molecular formula is C6H3OS. The largest absolute Gasteiger partial charge is 0.454 e. The lowest BCUT2D eigenvalue weighted by Crippen LogP contribution is -1.38. The zero-order valence-electron chi connectivity index (χ0n) is 4.05. The Kier molecular flexibility index (Phi) is 0.704. The lowest BCUT2D eigenvalue weighted by Gasteiger charge is -1.64. The molecule has 0 aromatic carbocycles. The van der Waals surface area contributed by atoms with Crippen LogP contribution in [0.4, 0.5) is 0 Å². The van der Waals surface area contributed by atoms with Crippen molar-refractivity contribution in [2.75, 3.05) is 0 Å². The van der Waals surface area contributed by atoms with Gasteiger partial charge in [0.15, 0.2) is 4.90 Å². The highest BCUT2D eigenvalue weighted by Gasteiger charge is 1.93. The molecule has 2 rings (SSSR count). The minimum absolute atomic E-state index is 0.963. The minimum atomic E-state index is 0.963. The normalized spacial score (nSPS) is 10.5. The smallest absolute Gasteiger partial charge is 0.188 e. The molecule has 0 spiro atoms. The molecule has 0 N–H and O–H groups in total. The number of hydrogen-bond donors (Lipinski definition) is 0. The summed E-state index contributed by atoms with van der Waals surface area (Å²) in [5.74, 6) is 0. The predicted octanol–water partition coefficient (Wildman–Crippen LogP) is 2.29. The fraction of sp³-hybridized carbons (Fsp3) is 0. The Bertz CT molecular complexity index is 230. The molecular weight excluding hydrogens is 120 g/mol. The van der Waals surface area contributed by atoms with E-state index in [0.29, 0.717) is 0 Å². The molecule has 0 bridgehead atoms. The second-order valence-electron chi connectivity index (χ2n) is 1.50. The molecule has 1 nitrogen and oxygen atoms in total. The van der Waals surface area contributed by atoms with Crippen LogP contribution < -0.4 is 0 Å². The molecule has 1 radical (unpaired) electrons. The number of thiophene rings is 1. The summed E-state index contributed by atoms with van der Waals surface area (Å²) in [5.41, 5.74) is 0. The Labute approximate surface area is 50.5 Å². The van der Waals surface area contributed by atoms with Crippen LogP contribution in [0.3, 0.4) is 0 Å². The monoisotopic (exact) mass is 123 g/mol. The maximum atomic E-state index is 5.05. The van der Waals surface area contributed by atoms with Crippen molar-refractivity contribution < 1.29 is 4.42 Å². The molecule has 2 heteroatoms. The second-order valence-corrected chi connectivity index (χ2v) is 2.34. The van der Waals surface area contributed by atoms with E-state index in [2.05, 4.69) is 6.07 Å². The molecule has 0 atom stereocenters. The van der Waals surface area contributed by atoms with Gasteiger partial charge >= 0.3 is 0 Å². The van der Waals surface area contributed by atoms with Crippen molar-refractivity contribution in [1.82, 2.24) is 0 Å². The van der Waals surface area contributed by atoms with Crippen LogP contribution in [-0.4, -0.2) is 0 Å². The average molecular weight is 123 g/mol. The van der Waals surface area contributed by atoms with Gasteiger partial charge < -0.3 is 4.42 Å². The first-order chi connectivity index (χ1) is 3.97. The second kappa shape index (κ2) is 1.36. The molecule has 2 aromatic heterocycles. The van der Waals surface area contributed by atoms with Crippen molar-refractivity contribution in [3.63, 3.8) is 0 Å². The fourth-order valence-corrected chi connectivity index (χ4v) is 1.30. The topological polar surface area (TPSA) is 13.1 Å². The molecule has 2 aromatic rings.